The molecule has 0 spiro atoms. The van der Waals surface area contributed by atoms with E-state index in [-0.39, 0.29) is 5.97 Å². The van der Waals surface area contributed by atoms with Gasteiger partial charge in [0.05, 0.1) is 14.7 Å². The van der Waals surface area contributed by atoms with Crippen molar-refractivity contribution in [2.75, 3.05) is 13.7 Å². The summed E-state index contributed by atoms with van der Waals surface area (Å²) in [6, 6.07) is 12.1. The van der Waals surface area contributed by atoms with E-state index in [0.717, 1.165) is 12.8 Å². The second-order valence-electron chi connectivity index (χ2n) is 7.81. The van der Waals surface area contributed by atoms with Crippen LogP contribution in [0.25, 0.3) is 0 Å². The molecule has 1 aliphatic rings. The maximum absolute atomic E-state index is 11.5. The first-order valence-corrected chi connectivity index (χ1v) is 11.7. The smallest absolute Gasteiger partial charge is 0.303 e. The lowest BCUT2D eigenvalue weighted by Gasteiger charge is -2.30. The first kappa shape index (κ1) is 18.2. The van der Waals surface area contributed by atoms with Crippen LogP contribution in [0.2, 0.25) is 19.1 Å². The third-order valence-electron chi connectivity index (χ3n) is 5.23. The van der Waals surface area contributed by atoms with Gasteiger partial charge >= 0.3 is 5.97 Å². The molecule has 23 heavy (non-hydrogen) atoms. The van der Waals surface area contributed by atoms with Crippen LogP contribution in [0.15, 0.2) is 30.3 Å². The number of ether oxygens (including phenoxy) is 2. The van der Waals surface area contributed by atoms with E-state index in [2.05, 4.69) is 50.3 Å². The molecule has 1 aliphatic carbocycles. The Bertz CT molecular complexity index is 529. The van der Waals surface area contributed by atoms with Crippen molar-refractivity contribution in [3.8, 4) is 0 Å². The minimum absolute atomic E-state index is 0.200. The fraction of sp³-hybridized carbons (Fsp3) is 0.632. The molecule has 0 heterocycles. The molecule has 1 fully saturated rings. The van der Waals surface area contributed by atoms with Crippen molar-refractivity contribution >= 4 is 19.2 Å². The summed E-state index contributed by atoms with van der Waals surface area (Å²) in [5, 5.41) is 1.50. The predicted molar refractivity (Wildman–Crippen MR) is 96.6 cm³/mol. The van der Waals surface area contributed by atoms with Crippen LogP contribution in [0.5, 0.6) is 0 Å². The van der Waals surface area contributed by atoms with E-state index in [0.29, 0.717) is 18.4 Å². The number of hydrogen-bond acceptors (Lipinski definition) is 3. The van der Waals surface area contributed by atoms with Gasteiger partial charge in [0.25, 0.3) is 0 Å². The Balaban J connectivity index is 2.13. The Hall–Kier alpha value is -1.13. The Labute approximate surface area is 141 Å². The van der Waals surface area contributed by atoms with Crippen molar-refractivity contribution in [3.63, 3.8) is 0 Å². The van der Waals surface area contributed by atoms with E-state index in [9.17, 15) is 4.79 Å². The number of rotatable bonds is 6. The van der Waals surface area contributed by atoms with Gasteiger partial charge in [-0.2, -0.15) is 0 Å². The van der Waals surface area contributed by atoms with Gasteiger partial charge in [-0.1, -0.05) is 61.6 Å². The number of carbonyl (C=O) groups excluding carboxylic acids is 1. The summed E-state index contributed by atoms with van der Waals surface area (Å²) in [6.45, 7) is 9.17. The summed E-state index contributed by atoms with van der Waals surface area (Å²) in [5.41, 5.74) is -0.425. The first-order chi connectivity index (χ1) is 10.8. The molecule has 0 aromatic heterocycles. The molecule has 2 rings (SSSR count). The molecule has 1 unspecified atom stereocenters. The lowest BCUT2D eigenvalue weighted by atomic mass is 10.0. The summed E-state index contributed by atoms with van der Waals surface area (Å²) >= 11 is 0. The highest BCUT2D eigenvalue weighted by atomic mass is 28.3. The molecule has 0 saturated heterocycles. The van der Waals surface area contributed by atoms with Crippen LogP contribution in [0.4, 0.5) is 0 Å². The van der Waals surface area contributed by atoms with Crippen LogP contribution in [0, 0.1) is 11.8 Å². The molecule has 0 aliphatic heterocycles. The van der Waals surface area contributed by atoms with Crippen molar-refractivity contribution in [2.45, 2.75) is 51.4 Å². The lowest BCUT2D eigenvalue weighted by molar-refractivity contribution is -0.162. The van der Waals surface area contributed by atoms with E-state index >= 15 is 0 Å². The topological polar surface area (TPSA) is 35.5 Å². The summed E-state index contributed by atoms with van der Waals surface area (Å²) in [6.07, 6.45) is 1.83. The van der Waals surface area contributed by atoms with Gasteiger partial charge in [0, 0.05) is 14.0 Å². The Morgan fingerprint density at radius 1 is 1.26 bits per heavy atom. The van der Waals surface area contributed by atoms with Crippen LogP contribution >= 0.6 is 0 Å². The minimum atomic E-state index is -1.49. The highest BCUT2D eigenvalue weighted by molar-refractivity contribution is 6.89. The number of carbonyl (C=O) groups is 1. The molecule has 1 aromatic carbocycles. The Morgan fingerprint density at radius 2 is 1.91 bits per heavy atom. The fourth-order valence-corrected chi connectivity index (χ4v) is 7.44. The summed E-state index contributed by atoms with van der Waals surface area (Å²) in [5.74, 6) is 0.945. The molecule has 128 valence electrons. The second kappa shape index (κ2) is 7.18. The van der Waals surface area contributed by atoms with E-state index in [1.54, 1.807) is 7.11 Å². The van der Waals surface area contributed by atoms with Gasteiger partial charge in [-0.05, 0) is 24.7 Å². The molecule has 0 N–H and O–H groups in total. The zero-order valence-electron chi connectivity index (χ0n) is 15.1. The van der Waals surface area contributed by atoms with Crippen LogP contribution in [-0.2, 0) is 14.3 Å². The maximum Gasteiger partial charge on any atom is 0.303 e. The van der Waals surface area contributed by atoms with Crippen molar-refractivity contribution in [2.24, 2.45) is 11.8 Å². The number of methoxy groups -OCH3 is 1. The lowest BCUT2D eigenvalue weighted by Crippen LogP contribution is -2.43. The standard InChI is InChI=1S/C19H30O3Si/c1-15-11-19(14-21-3,22-16(2)20)12-17(15)13-23(4,5)18-9-7-6-8-10-18/h6-10,15,17H,11-14H2,1-5H3/t15-,17+,19?/m1/s1. The third-order valence-corrected chi connectivity index (χ3v) is 8.67. The predicted octanol–water partition coefficient (Wildman–Crippen LogP) is 3.60. The molecule has 0 bridgehead atoms. The monoisotopic (exact) mass is 334 g/mol. The van der Waals surface area contributed by atoms with E-state index in [1.165, 1.54) is 18.2 Å². The van der Waals surface area contributed by atoms with E-state index in [1.807, 2.05) is 0 Å². The van der Waals surface area contributed by atoms with E-state index < -0.39 is 13.7 Å². The van der Waals surface area contributed by atoms with Gasteiger partial charge in [0.2, 0.25) is 0 Å². The van der Waals surface area contributed by atoms with Crippen molar-refractivity contribution in [1.82, 2.24) is 0 Å². The van der Waals surface area contributed by atoms with Crippen LogP contribution < -0.4 is 5.19 Å². The Kier molecular flexibility index (Phi) is 5.68. The maximum atomic E-state index is 11.5. The molecular weight excluding hydrogens is 304 g/mol. The van der Waals surface area contributed by atoms with Crippen molar-refractivity contribution in [1.29, 1.82) is 0 Å². The molecule has 3 nitrogen and oxygen atoms in total. The zero-order chi connectivity index (χ0) is 17.1. The average molecular weight is 335 g/mol. The molecule has 3 atom stereocenters. The molecular formula is C19H30O3Si. The van der Waals surface area contributed by atoms with Crippen molar-refractivity contribution < 1.29 is 14.3 Å². The molecule has 4 heteroatoms. The second-order valence-corrected chi connectivity index (χ2v) is 12.6. The van der Waals surface area contributed by atoms with Gasteiger partial charge in [-0.15, -0.1) is 0 Å². The average Bonchev–Trinajstić information content (AvgIpc) is 2.74. The van der Waals surface area contributed by atoms with Gasteiger partial charge < -0.3 is 9.47 Å². The first-order valence-electron chi connectivity index (χ1n) is 8.52. The normalized spacial score (nSPS) is 27.9. The van der Waals surface area contributed by atoms with Gasteiger partial charge in [0.1, 0.15) is 5.60 Å². The molecule has 1 aromatic rings. The SMILES string of the molecule is COCC1(OC(C)=O)C[C@@H](C[Si](C)(C)c2ccccc2)[C@H](C)C1. The molecule has 0 amide bonds. The fourth-order valence-electron chi connectivity index (χ4n) is 4.25. The Morgan fingerprint density at radius 3 is 2.48 bits per heavy atom. The highest BCUT2D eigenvalue weighted by Gasteiger charge is 2.47. The van der Waals surface area contributed by atoms with Gasteiger partial charge in [-0.25, -0.2) is 0 Å². The highest BCUT2D eigenvalue weighted by Crippen LogP contribution is 2.45. The molecule has 1 saturated carbocycles. The summed E-state index contributed by atoms with van der Waals surface area (Å²) < 4.78 is 11.1. The van der Waals surface area contributed by atoms with Gasteiger partial charge in [0.15, 0.2) is 0 Å². The van der Waals surface area contributed by atoms with E-state index in [4.69, 9.17) is 9.47 Å². The number of benzene rings is 1. The summed E-state index contributed by atoms with van der Waals surface area (Å²) in [7, 11) is 0.193. The third kappa shape index (κ3) is 4.45. The number of esters is 1. The van der Waals surface area contributed by atoms with Crippen LogP contribution in [0.1, 0.15) is 26.7 Å². The van der Waals surface area contributed by atoms with Crippen LogP contribution in [0.3, 0.4) is 0 Å². The quantitative estimate of drug-likeness (QED) is 0.589. The molecule has 0 radical (unpaired) electrons. The zero-order valence-corrected chi connectivity index (χ0v) is 16.1. The minimum Gasteiger partial charge on any atom is -0.457 e. The van der Waals surface area contributed by atoms with Crippen LogP contribution in [-0.4, -0.2) is 33.4 Å². The van der Waals surface area contributed by atoms with Crippen molar-refractivity contribution in [3.05, 3.63) is 30.3 Å². The van der Waals surface area contributed by atoms with Gasteiger partial charge in [-0.3, -0.25) is 4.79 Å². The number of hydrogen-bond donors (Lipinski definition) is 0. The summed E-state index contributed by atoms with van der Waals surface area (Å²) in [4.78, 5) is 11.5. The largest absolute Gasteiger partial charge is 0.457 e.